The SMILES string of the molecule is O=S(=O)(Cc1ccccc1)Nc1cccc(Cl)c1. The van der Waals surface area contributed by atoms with Crippen LogP contribution in [0.25, 0.3) is 0 Å². The van der Waals surface area contributed by atoms with Crippen LogP contribution in [-0.2, 0) is 15.8 Å². The first kappa shape index (κ1) is 12.9. The Bertz CT molecular complexity index is 626. The lowest BCUT2D eigenvalue weighted by atomic mass is 10.2. The number of hydrogen-bond donors (Lipinski definition) is 1. The minimum Gasteiger partial charge on any atom is -0.283 e. The number of halogens is 1. The average molecular weight is 282 g/mol. The summed E-state index contributed by atoms with van der Waals surface area (Å²) in [5, 5.41) is 0.495. The average Bonchev–Trinajstić information content (AvgIpc) is 2.28. The smallest absolute Gasteiger partial charge is 0.236 e. The Kier molecular flexibility index (Phi) is 3.89. The fraction of sp³-hybridized carbons (Fsp3) is 0.0769. The molecular weight excluding hydrogens is 270 g/mol. The van der Waals surface area contributed by atoms with E-state index >= 15 is 0 Å². The molecule has 5 heteroatoms. The molecule has 0 atom stereocenters. The third kappa shape index (κ3) is 3.75. The summed E-state index contributed by atoms with van der Waals surface area (Å²) < 4.78 is 26.3. The fourth-order valence-electron chi connectivity index (χ4n) is 1.56. The van der Waals surface area contributed by atoms with Gasteiger partial charge in [0.2, 0.25) is 10.0 Å². The van der Waals surface area contributed by atoms with E-state index in [0.717, 1.165) is 5.56 Å². The third-order valence-corrected chi connectivity index (χ3v) is 3.79. The molecule has 0 bridgehead atoms. The molecule has 0 aliphatic heterocycles. The molecule has 0 unspecified atom stereocenters. The maximum Gasteiger partial charge on any atom is 0.236 e. The zero-order valence-corrected chi connectivity index (χ0v) is 11.1. The summed E-state index contributed by atoms with van der Waals surface area (Å²) in [4.78, 5) is 0. The topological polar surface area (TPSA) is 46.2 Å². The first-order chi connectivity index (χ1) is 8.55. The van der Waals surface area contributed by atoms with E-state index < -0.39 is 10.0 Å². The lowest BCUT2D eigenvalue weighted by Crippen LogP contribution is -2.14. The molecule has 94 valence electrons. The molecule has 0 saturated carbocycles. The Balaban J connectivity index is 2.13. The second-order valence-electron chi connectivity index (χ2n) is 3.86. The van der Waals surface area contributed by atoms with E-state index in [1.807, 2.05) is 18.2 Å². The van der Waals surface area contributed by atoms with Crippen molar-refractivity contribution in [1.82, 2.24) is 0 Å². The maximum absolute atomic E-state index is 11.9. The van der Waals surface area contributed by atoms with E-state index in [1.165, 1.54) is 0 Å². The Hall–Kier alpha value is -1.52. The molecule has 2 aromatic rings. The molecule has 1 N–H and O–H groups in total. The lowest BCUT2D eigenvalue weighted by molar-refractivity contribution is 0.600. The number of anilines is 1. The lowest BCUT2D eigenvalue weighted by Gasteiger charge is -2.08. The molecule has 0 saturated heterocycles. The van der Waals surface area contributed by atoms with Crippen molar-refractivity contribution in [3.8, 4) is 0 Å². The van der Waals surface area contributed by atoms with Gasteiger partial charge in [0.15, 0.2) is 0 Å². The van der Waals surface area contributed by atoms with Crippen LogP contribution >= 0.6 is 11.6 Å². The first-order valence-corrected chi connectivity index (χ1v) is 7.38. The summed E-state index contributed by atoms with van der Waals surface area (Å²) in [5.41, 5.74) is 1.21. The van der Waals surface area contributed by atoms with Crippen molar-refractivity contribution in [2.24, 2.45) is 0 Å². The Labute approximate surface area is 111 Å². The molecule has 0 amide bonds. The number of sulfonamides is 1. The predicted octanol–water partition coefficient (Wildman–Crippen LogP) is 3.28. The van der Waals surface area contributed by atoms with Crippen LogP contribution < -0.4 is 4.72 Å². The highest BCUT2D eigenvalue weighted by Crippen LogP contribution is 2.17. The Morgan fingerprint density at radius 2 is 1.72 bits per heavy atom. The van der Waals surface area contributed by atoms with Crippen molar-refractivity contribution in [2.45, 2.75) is 5.75 Å². The normalized spacial score (nSPS) is 11.2. The number of nitrogens with one attached hydrogen (secondary N) is 1. The molecule has 18 heavy (non-hydrogen) atoms. The molecule has 0 spiro atoms. The fourth-order valence-corrected chi connectivity index (χ4v) is 2.94. The van der Waals surface area contributed by atoms with Crippen molar-refractivity contribution in [1.29, 1.82) is 0 Å². The van der Waals surface area contributed by atoms with Gasteiger partial charge in [-0.15, -0.1) is 0 Å². The highest BCUT2D eigenvalue weighted by molar-refractivity contribution is 7.91. The van der Waals surface area contributed by atoms with E-state index in [-0.39, 0.29) is 5.75 Å². The van der Waals surface area contributed by atoms with Crippen LogP contribution in [0.15, 0.2) is 54.6 Å². The van der Waals surface area contributed by atoms with Gasteiger partial charge in [-0.05, 0) is 23.8 Å². The molecule has 0 aliphatic rings. The number of benzene rings is 2. The Morgan fingerprint density at radius 1 is 1.00 bits per heavy atom. The van der Waals surface area contributed by atoms with Gasteiger partial charge in [0.25, 0.3) is 0 Å². The van der Waals surface area contributed by atoms with Gasteiger partial charge in [0.1, 0.15) is 0 Å². The third-order valence-electron chi connectivity index (χ3n) is 2.30. The molecule has 3 nitrogen and oxygen atoms in total. The van der Waals surface area contributed by atoms with Crippen LogP contribution in [0.4, 0.5) is 5.69 Å². The summed E-state index contributed by atoms with van der Waals surface area (Å²) >= 11 is 5.80. The van der Waals surface area contributed by atoms with Crippen molar-refractivity contribution in [3.05, 3.63) is 65.2 Å². The largest absolute Gasteiger partial charge is 0.283 e. The summed E-state index contributed by atoms with van der Waals surface area (Å²) in [6.07, 6.45) is 0. The molecule has 0 fully saturated rings. The summed E-state index contributed by atoms with van der Waals surface area (Å²) in [7, 11) is -3.41. The molecule has 0 radical (unpaired) electrons. The Morgan fingerprint density at radius 3 is 2.39 bits per heavy atom. The van der Waals surface area contributed by atoms with E-state index in [0.29, 0.717) is 10.7 Å². The molecular formula is C13H12ClNO2S. The van der Waals surface area contributed by atoms with E-state index in [1.54, 1.807) is 36.4 Å². The standard InChI is InChI=1S/C13H12ClNO2S/c14-12-7-4-8-13(9-12)15-18(16,17)10-11-5-2-1-3-6-11/h1-9,15H,10H2. The van der Waals surface area contributed by atoms with Gasteiger partial charge in [-0.2, -0.15) is 0 Å². The molecule has 2 rings (SSSR count). The summed E-state index contributed by atoms with van der Waals surface area (Å²) in [5.74, 6) is -0.0552. The minimum atomic E-state index is -3.41. The van der Waals surface area contributed by atoms with E-state index in [9.17, 15) is 8.42 Å². The van der Waals surface area contributed by atoms with Gasteiger partial charge in [-0.3, -0.25) is 4.72 Å². The van der Waals surface area contributed by atoms with Crippen molar-refractivity contribution >= 4 is 27.3 Å². The van der Waals surface area contributed by atoms with Crippen molar-refractivity contribution < 1.29 is 8.42 Å². The number of rotatable bonds is 4. The second kappa shape index (κ2) is 5.42. The number of hydrogen-bond acceptors (Lipinski definition) is 2. The predicted molar refractivity (Wildman–Crippen MR) is 74.1 cm³/mol. The van der Waals surface area contributed by atoms with Crippen LogP contribution in [0.3, 0.4) is 0 Å². The molecule has 0 heterocycles. The quantitative estimate of drug-likeness (QED) is 0.935. The maximum atomic E-state index is 11.9. The van der Waals surface area contributed by atoms with Gasteiger partial charge in [-0.1, -0.05) is 48.0 Å². The zero-order chi connectivity index (χ0) is 13.0. The van der Waals surface area contributed by atoms with Crippen LogP contribution in [0.1, 0.15) is 5.56 Å². The van der Waals surface area contributed by atoms with Crippen LogP contribution in [0, 0.1) is 0 Å². The van der Waals surface area contributed by atoms with Gasteiger partial charge >= 0.3 is 0 Å². The zero-order valence-electron chi connectivity index (χ0n) is 9.51. The highest BCUT2D eigenvalue weighted by Gasteiger charge is 2.11. The summed E-state index contributed by atoms with van der Waals surface area (Å²) in [6, 6.07) is 15.6. The monoisotopic (exact) mass is 281 g/mol. The first-order valence-electron chi connectivity index (χ1n) is 5.35. The van der Waals surface area contributed by atoms with Gasteiger partial charge in [0.05, 0.1) is 5.75 Å². The second-order valence-corrected chi connectivity index (χ2v) is 6.02. The molecule has 0 aromatic heterocycles. The van der Waals surface area contributed by atoms with Crippen LogP contribution in [0.5, 0.6) is 0 Å². The van der Waals surface area contributed by atoms with E-state index in [2.05, 4.69) is 4.72 Å². The molecule has 2 aromatic carbocycles. The minimum absolute atomic E-state index is 0.0552. The van der Waals surface area contributed by atoms with Crippen molar-refractivity contribution in [2.75, 3.05) is 4.72 Å². The van der Waals surface area contributed by atoms with Crippen LogP contribution in [0.2, 0.25) is 5.02 Å². The van der Waals surface area contributed by atoms with E-state index in [4.69, 9.17) is 11.6 Å². The highest BCUT2D eigenvalue weighted by atomic mass is 35.5. The van der Waals surface area contributed by atoms with Gasteiger partial charge in [-0.25, -0.2) is 8.42 Å². The van der Waals surface area contributed by atoms with Gasteiger partial charge in [0, 0.05) is 10.7 Å². The van der Waals surface area contributed by atoms with Crippen molar-refractivity contribution in [3.63, 3.8) is 0 Å². The van der Waals surface area contributed by atoms with Gasteiger partial charge < -0.3 is 0 Å². The summed E-state index contributed by atoms with van der Waals surface area (Å²) in [6.45, 7) is 0. The molecule has 0 aliphatic carbocycles. The van der Waals surface area contributed by atoms with Crippen LogP contribution in [-0.4, -0.2) is 8.42 Å².